The molecule has 3 aliphatic heterocycles. The van der Waals surface area contributed by atoms with Crippen LogP contribution in [0.15, 0.2) is 79.4 Å². The molecule has 2 bridgehead atoms. The fourth-order valence-electron chi connectivity index (χ4n) is 6.10. The third-order valence-electron chi connectivity index (χ3n) is 7.95. The fraction of sp³-hybridized carbons (Fsp3) is 0.300. The first-order chi connectivity index (χ1) is 16.7. The highest BCUT2D eigenvalue weighted by atomic mass is 16.5. The van der Waals surface area contributed by atoms with Gasteiger partial charge in [0, 0.05) is 23.5 Å². The maximum absolute atomic E-state index is 11.8. The van der Waals surface area contributed by atoms with Gasteiger partial charge in [-0.05, 0) is 71.8 Å². The highest BCUT2D eigenvalue weighted by Crippen LogP contribution is 2.43. The van der Waals surface area contributed by atoms with Crippen molar-refractivity contribution in [3.05, 3.63) is 84.9 Å². The van der Waals surface area contributed by atoms with Crippen molar-refractivity contribution in [2.24, 2.45) is 11.8 Å². The van der Waals surface area contributed by atoms with E-state index in [-0.39, 0.29) is 6.04 Å². The predicted octanol–water partition coefficient (Wildman–Crippen LogP) is 5.99. The summed E-state index contributed by atoms with van der Waals surface area (Å²) < 4.78 is 5.52. The molecule has 0 spiro atoms. The predicted molar refractivity (Wildman–Crippen MR) is 138 cm³/mol. The summed E-state index contributed by atoms with van der Waals surface area (Å²) in [6, 6.07) is 22.9. The summed E-state index contributed by atoms with van der Waals surface area (Å²) in [4.78, 5) is 7.50. The highest BCUT2D eigenvalue weighted by molar-refractivity contribution is 5.97. The standard InChI is InChI=1S/C30H30N2O2/c1-3-19-18-32-14-13-21(19)15-29(32)30(33)26-17-28(31-27-12-11-22(34-2)16-25(26)27)24-10-6-8-20-7-4-5-9-23(20)24/h3-12,16-17,19,21,29-30,33H,1,13-15,18H2,2H3/t19?,21?,29?,30-/m1/s1. The van der Waals surface area contributed by atoms with Crippen LogP contribution >= 0.6 is 0 Å². The van der Waals surface area contributed by atoms with Crippen molar-refractivity contribution < 1.29 is 9.84 Å². The van der Waals surface area contributed by atoms with Gasteiger partial charge < -0.3 is 9.84 Å². The molecule has 5 atom stereocenters. The van der Waals surface area contributed by atoms with Crippen molar-refractivity contribution in [1.29, 1.82) is 0 Å². The van der Waals surface area contributed by atoms with Gasteiger partial charge in [-0.3, -0.25) is 4.90 Å². The van der Waals surface area contributed by atoms with E-state index in [2.05, 4.69) is 66.1 Å². The van der Waals surface area contributed by atoms with E-state index in [1.54, 1.807) is 7.11 Å². The van der Waals surface area contributed by atoms with Gasteiger partial charge in [-0.1, -0.05) is 48.5 Å². The first-order valence-electron chi connectivity index (χ1n) is 12.2. The van der Waals surface area contributed by atoms with Gasteiger partial charge in [-0.15, -0.1) is 6.58 Å². The fourth-order valence-corrected chi connectivity index (χ4v) is 6.10. The molecule has 3 aromatic carbocycles. The van der Waals surface area contributed by atoms with Gasteiger partial charge in [-0.2, -0.15) is 0 Å². The van der Waals surface area contributed by atoms with Crippen LogP contribution in [-0.4, -0.2) is 41.2 Å². The molecule has 3 fully saturated rings. The molecule has 0 amide bonds. The lowest BCUT2D eigenvalue weighted by Gasteiger charge is -2.50. The summed E-state index contributed by atoms with van der Waals surface area (Å²) in [5.41, 5.74) is 3.78. The molecule has 1 N–H and O–H groups in total. The molecule has 0 aliphatic carbocycles. The molecule has 7 rings (SSSR count). The maximum Gasteiger partial charge on any atom is 0.119 e. The number of aromatic nitrogens is 1. The van der Waals surface area contributed by atoms with Crippen molar-refractivity contribution in [3.8, 4) is 17.0 Å². The minimum Gasteiger partial charge on any atom is -0.497 e. The summed E-state index contributed by atoms with van der Waals surface area (Å²) in [5, 5.41) is 15.1. The van der Waals surface area contributed by atoms with Crippen molar-refractivity contribution in [1.82, 2.24) is 9.88 Å². The van der Waals surface area contributed by atoms with E-state index in [0.717, 1.165) is 53.0 Å². The van der Waals surface area contributed by atoms with E-state index in [4.69, 9.17) is 9.72 Å². The third kappa shape index (κ3) is 3.49. The molecule has 4 heterocycles. The highest BCUT2D eigenvalue weighted by Gasteiger charge is 2.42. The molecule has 172 valence electrons. The number of aliphatic hydroxyl groups excluding tert-OH is 1. The Kier molecular flexibility index (Phi) is 5.35. The Bertz CT molecular complexity index is 1380. The van der Waals surface area contributed by atoms with Crippen molar-refractivity contribution in [2.45, 2.75) is 25.0 Å². The molecule has 4 aromatic rings. The molecule has 4 nitrogen and oxygen atoms in total. The summed E-state index contributed by atoms with van der Waals surface area (Å²) >= 11 is 0. The van der Waals surface area contributed by atoms with Gasteiger partial charge in [0.05, 0.1) is 24.4 Å². The van der Waals surface area contributed by atoms with Gasteiger partial charge in [0.1, 0.15) is 5.75 Å². The zero-order chi connectivity index (χ0) is 23.2. The number of rotatable bonds is 5. The average molecular weight is 451 g/mol. The largest absolute Gasteiger partial charge is 0.497 e. The Labute approximate surface area is 200 Å². The van der Waals surface area contributed by atoms with Crippen LogP contribution in [0.4, 0.5) is 0 Å². The molecule has 0 radical (unpaired) electrons. The van der Waals surface area contributed by atoms with Crippen LogP contribution in [0.3, 0.4) is 0 Å². The summed E-state index contributed by atoms with van der Waals surface area (Å²) in [7, 11) is 1.68. The van der Waals surface area contributed by atoms with Gasteiger partial charge in [0.15, 0.2) is 0 Å². The molecule has 4 heteroatoms. The number of hydrogen-bond donors (Lipinski definition) is 1. The molecule has 1 aromatic heterocycles. The van der Waals surface area contributed by atoms with Crippen LogP contribution in [0.25, 0.3) is 32.9 Å². The number of pyridine rings is 1. The van der Waals surface area contributed by atoms with E-state index < -0.39 is 6.10 Å². The lowest BCUT2D eigenvalue weighted by Crippen LogP contribution is -2.54. The van der Waals surface area contributed by atoms with Gasteiger partial charge in [-0.25, -0.2) is 4.98 Å². The number of hydrogen-bond acceptors (Lipinski definition) is 4. The average Bonchev–Trinajstić information content (AvgIpc) is 2.91. The normalized spacial score (nSPS) is 24.9. The maximum atomic E-state index is 11.8. The third-order valence-corrected chi connectivity index (χ3v) is 7.95. The van der Waals surface area contributed by atoms with Crippen molar-refractivity contribution in [3.63, 3.8) is 0 Å². The molecule has 3 aliphatic rings. The summed E-state index contributed by atoms with van der Waals surface area (Å²) in [6.45, 7) is 6.08. The van der Waals surface area contributed by atoms with Crippen LogP contribution in [-0.2, 0) is 0 Å². The van der Waals surface area contributed by atoms with Crippen molar-refractivity contribution >= 4 is 21.7 Å². The molecule has 34 heavy (non-hydrogen) atoms. The number of benzene rings is 3. The zero-order valence-corrected chi connectivity index (χ0v) is 19.5. The zero-order valence-electron chi connectivity index (χ0n) is 19.5. The van der Waals surface area contributed by atoms with E-state index in [9.17, 15) is 5.11 Å². The second kappa shape index (κ2) is 8.53. The second-order valence-corrected chi connectivity index (χ2v) is 9.70. The van der Waals surface area contributed by atoms with E-state index in [0.29, 0.717) is 11.8 Å². The first kappa shape index (κ1) is 21.3. The van der Waals surface area contributed by atoms with Gasteiger partial charge in [0.25, 0.3) is 0 Å². The van der Waals surface area contributed by atoms with Crippen LogP contribution in [0, 0.1) is 11.8 Å². The van der Waals surface area contributed by atoms with E-state index >= 15 is 0 Å². The number of nitrogens with zero attached hydrogens (tertiary/aromatic N) is 2. The van der Waals surface area contributed by atoms with Crippen LogP contribution in [0.5, 0.6) is 5.75 Å². The van der Waals surface area contributed by atoms with Gasteiger partial charge in [0.2, 0.25) is 0 Å². The minimum absolute atomic E-state index is 0.104. The topological polar surface area (TPSA) is 45.6 Å². The number of aliphatic hydroxyl groups is 1. The van der Waals surface area contributed by atoms with Crippen LogP contribution in [0.1, 0.15) is 24.5 Å². The van der Waals surface area contributed by atoms with E-state index in [1.165, 1.54) is 17.2 Å². The monoisotopic (exact) mass is 450 g/mol. The molecular weight excluding hydrogens is 420 g/mol. The SMILES string of the molecule is C=CC1CN2CCC1CC2[C@H](O)c1cc(-c2cccc3ccccc23)nc2ccc(OC)cc12. The number of fused-ring (bicyclic) bond motifs is 5. The van der Waals surface area contributed by atoms with Crippen LogP contribution < -0.4 is 4.74 Å². The van der Waals surface area contributed by atoms with Crippen LogP contribution in [0.2, 0.25) is 0 Å². The Morgan fingerprint density at radius 3 is 2.74 bits per heavy atom. The summed E-state index contributed by atoms with van der Waals surface area (Å²) in [5.74, 6) is 1.90. The minimum atomic E-state index is -0.597. The number of piperidine rings is 3. The van der Waals surface area contributed by atoms with Gasteiger partial charge >= 0.3 is 0 Å². The Morgan fingerprint density at radius 1 is 1.09 bits per heavy atom. The molecule has 4 unspecified atom stereocenters. The Balaban J connectivity index is 1.50. The van der Waals surface area contributed by atoms with E-state index in [1.807, 2.05) is 18.2 Å². The smallest absolute Gasteiger partial charge is 0.119 e. The summed E-state index contributed by atoms with van der Waals surface area (Å²) in [6.07, 6.45) is 3.69. The quantitative estimate of drug-likeness (QED) is 0.379. The van der Waals surface area contributed by atoms with Crippen molar-refractivity contribution in [2.75, 3.05) is 20.2 Å². The molecule has 0 saturated carbocycles. The lowest BCUT2D eigenvalue weighted by molar-refractivity contribution is -0.0444. The Morgan fingerprint density at radius 2 is 1.94 bits per heavy atom. The molecule has 3 saturated heterocycles. The second-order valence-electron chi connectivity index (χ2n) is 9.70. The lowest BCUT2D eigenvalue weighted by atomic mass is 9.73. The molecular formula is C30H30N2O2. The Hall–Kier alpha value is -3.21. The first-order valence-corrected chi connectivity index (χ1v) is 12.2. The number of ether oxygens (including phenoxy) is 1. The number of methoxy groups -OCH3 is 1.